The standard InChI is InChI=1S/C20H20ClN7O2/c1-2-22-20(29)27-9-7-26(8-10-27)19-23-15-12-13(21)5-6-14(15)17-24-25-18(28(17)19)16-4-3-11-30-16/h3-6,11-12H,2,7-10H2,1H3,(H,22,29). The van der Waals surface area contributed by atoms with E-state index in [-0.39, 0.29) is 6.03 Å². The fourth-order valence-corrected chi connectivity index (χ4v) is 3.91. The number of hydrogen-bond donors (Lipinski definition) is 1. The number of amides is 2. The number of benzene rings is 1. The topological polar surface area (TPSA) is 91.8 Å². The number of aromatic nitrogens is 4. The van der Waals surface area contributed by atoms with Gasteiger partial charge >= 0.3 is 6.03 Å². The first-order valence-corrected chi connectivity index (χ1v) is 10.2. The molecule has 0 unspecified atom stereocenters. The lowest BCUT2D eigenvalue weighted by Crippen LogP contribution is -2.52. The van der Waals surface area contributed by atoms with Gasteiger partial charge in [0.05, 0.1) is 11.8 Å². The molecule has 0 radical (unpaired) electrons. The van der Waals surface area contributed by atoms with E-state index in [0.717, 1.165) is 10.9 Å². The molecule has 10 heteroatoms. The molecule has 9 nitrogen and oxygen atoms in total. The van der Waals surface area contributed by atoms with E-state index < -0.39 is 0 Å². The van der Waals surface area contributed by atoms with Crippen LogP contribution in [0.5, 0.6) is 0 Å². The Morgan fingerprint density at radius 2 is 2.03 bits per heavy atom. The van der Waals surface area contributed by atoms with Crippen LogP contribution in [0.4, 0.5) is 10.7 Å². The SMILES string of the molecule is CCNC(=O)N1CCN(c2nc3cc(Cl)ccc3c3nnc(-c4ccco4)n23)CC1. The van der Waals surface area contributed by atoms with Crippen molar-refractivity contribution in [1.29, 1.82) is 0 Å². The van der Waals surface area contributed by atoms with Crippen LogP contribution in [-0.4, -0.2) is 63.2 Å². The van der Waals surface area contributed by atoms with Crippen LogP contribution >= 0.6 is 11.6 Å². The van der Waals surface area contributed by atoms with Gasteiger partial charge in [-0.15, -0.1) is 10.2 Å². The first kappa shape index (κ1) is 18.7. The molecular formula is C20H20ClN7O2. The van der Waals surface area contributed by atoms with Gasteiger partial charge in [0.1, 0.15) is 0 Å². The highest BCUT2D eigenvalue weighted by Crippen LogP contribution is 2.30. The molecule has 154 valence electrons. The average molecular weight is 426 g/mol. The number of furan rings is 1. The Labute approximate surface area is 177 Å². The van der Waals surface area contributed by atoms with Gasteiger partial charge in [-0.05, 0) is 37.3 Å². The zero-order valence-electron chi connectivity index (χ0n) is 16.4. The third kappa shape index (κ3) is 3.11. The molecule has 4 aromatic rings. The summed E-state index contributed by atoms with van der Waals surface area (Å²) in [6.45, 7) is 5.00. The van der Waals surface area contributed by atoms with Crippen LogP contribution in [0.1, 0.15) is 6.92 Å². The van der Waals surface area contributed by atoms with Crippen LogP contribution in [0.25, 0.3) is 28.1 Å². The number of urea groups is 1. The fourth-order valence-electron chi connectivity index (χ4n) is 3.74. The van der Waals surface area contributed by atoms with Gasteiger partial charge in [-0.2, -0.15) is 0 Å². The molecule has 1 N–H and O–H groups in total. The van der Waals surface area contributed by atoms with Crippen molar-refractivity contribution in [3.63, 3.8) is 0 Å². The van der Waals surface area contributed by atoms with Crippen molar-refractivity contribution >= 4 is 40.1 Å². The minimum atomic E-state index is -0.0406. The Morgan fingerprint density at radius 3 is 2.77 bits per heavy atom. The highest BCUT2D eigenvalue weighted by molar-refractivity contribution is 6.31. The maximum absolute atomic E-state index is 12.2. The predicted molar refractivity (Wildman–Crippen MR) is 114 cm³/mol. The van der Waals surface area contributed by atoms with Gasteiger partial charge in [0.15, 0.2) is 11.4 Å². The summed E-state index contributed by atoms with van der Waals surface area (Å²) in [6, 6.07) is 9.16. The van der Waals surface area contributed by atoms with E-state index in [4.69, 9.17) is 21.0 Å². The maximum atomic E-state index is 12.2. The highest BCUT2D eigenvalue weighted by Gasteiger charge is 2.26. The molecule has 30 heavy (non-hydrogen) atoms. The first-order valence-electron chi connectivity index (χ1n) is 9.81. The Kier molecular flexibility index (Phi) is 4.66. The molecule has 0 atom stereocenters. The summed E-state index contributed by atoms with van der Waals surface area (Å²) in [5.74, 6) is 1.90. The van der Waals surface area contributed by atoms with Crippen molar-refractivity contribution in [1.82, 2.24) is 29.8 Å². The minimum Gasteiger partial charge on any atom is -0.461 e. The monoisotopic (exact) mass is 425 g/mol. The van der Waals surface area contributed by atoms with E-state index in [1.165, 1.54) is 0 Å². The third-order valence-corrected chi connectivity index (χ3v) is 5.44. The van der Waals surface area contributed by atoms with Crippen molar-refractivity contribution < 1.29 is 9.21 Å². The van der Waals surface area contributed by atoms with Crippen molar-refractivity contribution in [2.24, 2.45) is 0 Å². The van der Waals surface area contributed by atoms with Crippen molar-refractivity contribution in [2.45, 2.75) is 6.92 Å². The molecule has 0 saturated carbocycles. The van der Waals surface area contributed by atoms with E-state index in [0.29, 0.717) is 60.9 Å². The van der Waals surface area contributed by atoms with E-state index in [1.807, 2.05) is 46.6 Å². The molecule has 1 aliphatic heterocycles. The minimum absolute atomic E-state index is 0.0406. The van der Waals surface area contributed by atoms with Gasteiger partial charge in [-0.3, -0.25) is 0 Å². The Balaban J connectivity index is 1.61. The number of anilines is 1. The van der Waals surface area contributed by atoms with E-state index >= 15 is 0 Å². The summed E-state index contributed by atoms with van der Waals surface area (Å²) < 4.78 is 7.50. The molecule has 1 saturated heterocycles. The summed E-state index contributed by atoms with van der Waals surface area (Å²) in [4.78, 5) is 21.0. The van der Waals surface area contributed by atoms with Crippen molar-refractivity contribution in [2.75, 3.05) is 37.6 Å². The van der Waals surface area contributed by atoms with Gasteiger partial charge in [-0.1, -0.05) is 11.6 Å². The quantitative estimate of drug-likeness (QED) is 0.542. The van der Waals surface area contributed by atoms with Gasteiger partial charge < -0.3 is 19.5 Å². The van der Waals surface area contributed by atoms with Gasteiger partial charge in [-0.25, -0.2) is 14.2 Å². The number of nitrogens with zero attached hydrogens (tertiary/aromatic N) is 6. The molecule has 1 aromatic carbocycles. The van der Waals surface area contributed by atoms with Gasteiger partial charge in [0.2, 0.25) is 11.8 Å². The molecule has 0 bridgehead atoms. The molecule has 1 aliphatic rings. The van der Waals surface area contributed by atoms with Crippen molar-refractivity contribution in [3.05, 3.63) is 41.6 Å². The molecule has 5 rings (SSSR count). The van der Waals surface area contributed by atoms with Crippen LogP contribution in [0.3, 0.4) is 0 Å². The zero-order chi connectivity index (χ0) is 20.7. The molecule has 1 fully saturated rings. The molecular weight excluding hydrogens is 406 g/mol. The van der Waals surface area contributed by atoms with Crippen LogP contribution in [0.2, 0.25) is 5.02 Å². The second-order valence-electron chi connectivity index (χ2n) is 7.04. The van der Waals surface area contributed by atoms with E-state index in [2.05, 4.69) is 20.4 Å². The van der Waals surface area contributed by atoms with Crippen LogP contribution < -0.4 is 10.2 Å². The normalized spacial score (nSPS) is 14.6. The summed E-state index contributed by atoms with van der Waals surface area (Å²) in [5, 5.41) is 13.1. The lowest BCUT2D eigenvalue weighted by Gasteiger charge is -2.35. The first-order chi connectivity index (χ1) is 14.7. The number of hydrogen-bond acceptors (Lipinski definition) is 6. The van der Waals surface area contributed by atoms with E-state index in [9.17, 15) is 4.79 Å². The number of carbonyl (C=O) groups excluding carboxylic acids is 1. The van der Waals surface area contributed by atoms with E-state index in [1.54, 1.807) is 6.26 Å². The summed E-state index contributed by atoms with van der Waals surface area (Å²) >= 11 is 6.22. The van der Waals surface area contributed by atoms with Gasteiger partial charge in [0.25, 0.3) is 0 Å². The average Bonchev–Trinajstić information content (AvgIpc) is 3.43. The summed E-state index contributed by atoms with van der Waals surface area (Å²) in [5.41, 5.74) is 1.43. The van der Waals surface area contributed by atoms with Crippen LogP contribution in [0.15, 0.2) is 41.0 Å². The predicted octanol–water partition coefficient (Wildman–Crippen LogP) is 3.04. The maximum Gasteiger partial charge on any atom is 0.317 e. The van der Waals surface area contributed by atoms with Crippen molar-refractivity contribution in [3.8, 4) is 11.6 Å². The lowest BCUT2D eigenvalue weighted by molar-refractivity contribution is 0.194. The number of fused-ring (bicyclic) bond motifs is 3. The van der Waals surface area contributed by atoms with Gasteiger partial charge in [0, 0.05) is 43.1 Å². The summed E-state index contributed by atoms with van der Waals surface area (Å²) in [6.07, 6.45) is 1.61. The smallest absolute Gasteiger partial charge is 0.317 e. The number of rotatable bonds is 3. The Bertz CT molecular complexity index is 1210. The number of carbonyl (C=O) groups is 1. The molecule has 3 aromatic heterocycles. The molecule has 0 aliphatic carbocycles. The second kappa shape index (κ2) is 7.49. The Morgan fingerprint density at radius 1 is 1.20 bits per heavy atom. The number of halogens is 1. The zero-order valence-corrected chi connectivity index (χ0v) is 17.1. The lowest BCUT2D eigenvalue weighted by atomic mass is 10.2. The van der Waals surface area contributed by atoms with Crippen LogP contribution in [0, 0.1) is 0 Å². The number of piperazine rings is 1. The Hall–Kier alpha value is -3.33. The molecule has 4 heterocycles. The fraction of sp³-hybridized carbons (Fsp3) is 0.300. The number of nitrogens with one attached hydrogen (secondary N) is 1. The largest absolute Gasteiger partial charge is 0.461 e. The summed E-state index contributed by atoms with van der Waals surface area (Å²) in [7, 11) is 0. The molecule has 2 amide bonds. The van der Waals surface area contributed by atoms with Crippen LogP contribution in [-0.2, 0) is 0 Å². The highest BCUT2D eigenvalue weighted by atomic mass is 35.5. The second-order valence-corrected chi connectivity index (χ2v) is 7.48. The third-order valence-electron chi connectivity index (χ3n) is 5.20. The molecule has 0 spiro atoms.